The van der Waals surface area contributed by atoms with Crippen molar-refractivity contribution in [1.82, 2.24) is 4.98 Å². The lowest BCUT2D eigenvalue weighted by molar-refractivity contribution is -0.135. The first-order valence-corrected chi connectivity index (χ1v) is 4.82. The lowest BCUT2D eigenvalue weighted by atomic mass is 10.1. The summed E-state index contributed by atoms with van der Waals surface area (Å²) in [6.07, 6.45) is 0.939. The number of rotatable bonds is 4. The molecule has 1 amide bonds. The van der Waals surface area contributed by atoms with Gasteiger partial charge >= 0.3 is 5.97 Å². The number of aromatic nitrogens is 1. The van der Waals surface area contributed by atoms with Crippen molar-refractivity contribution in [3.63, 3.8) is 0 Å². The molecule has 1 aromatic heterocycles. The highest BCUT2D eigenvalue weighted by atomic mass is 32.1. The van der Waals surface area contributed by atoms with Crippen LogP contribution in [0.25, 0.3) is 5.57 Å². The summed E-state index contributed by atoms with van der Waals surface area (Å²) in [6.45, 7) is 0. The number of carbonyl (C=O) groups excluding carboxylic acids is 1. The first-order valence-electron chi connectivity index (χ1n) is 3.94. The molecule has 0 fully saturated rings. The fourth-order valence-electron chi connectivity index (χ4n) is 0.932. The van der Waals surface area contributed by atoms with Crippen LogP contribution in [0.1, 0.15) is 12.1 Å². The van der Waals surface area contributed by atoms with Crippen LogP contribution in [0.2, 0.25) is 0 Å². The van der Waals surface area contributed by atoms with E-state index in [9.17, 15) is 9.59 Å². The van der Waals surface area contributed by atoms with Gasteiger partial charge < -0.3 is 16.6 Å². The number of carbonyl (C=O) groups is 2. The zero-order valence-corrected chi connectivity index (χ0v) is 8.45. The molecule has 1 heterocycles. The largest absolute Gasteiger partial charge is 0.481 e. The second-order valence-electron chi connectivity index (χ2n) is 2.65. The molecule has 0 aliphatic rings. The number of nitrogens with zero attached hydrogens (tertiary/aromatic N) is 1. The standard InChI is InChI=1S/C8H9N3O3S/c9-7(14)4(1-2-6(12)13)5-3-15-8(10)11-5/h1,3H,2H2,(H2,9,14)(H2,10,11)(H,12,13)/b4-1+. The number of aliphatic carboxylic acids is 1. The van der Waals surface area contributed by atoms with Gasteiger partial charge in [-0.25, -0.2) is 4.98 Å². The highest BCUT2D eigenvalue weighted by Crippen LogP contribution is 2.19. The van der Waals surface area contributed by atoms with Crippen LogP contribution in [0, 0.1) is 0 Å². The van der Waals surface area contributed by atoms with E-state index in [-0.39, 0.29) is 12.0 Å². The number of hydrogen-bond donors (Lipinski definition) is 3. The number of thiazole rings is 1. The molecule has 0 radical (unpaired) electrons. The smallest absolute Gasteiger partial charge is 0.307 e. The topological polar surface area (TPSA) is 119 Å². The van der Waals surface area contributed by atoms with Gasteiger partial charge in [0.05, 0.1) is 17.7 Å². The third-order valence-corrected chi connectivity index (χ3v) is 2.22. The van der Waals surface area contributed by atoms with Crippen LogP contribution in [0.5, 0.6) is 0 Å². The average Bonchev–Trinajstić information content (AvgIpc) is 2.51. The Kier molecular flexibility index (Phi) is 3.40. The van der Waals surface area contributed by atoms with Gasteiger partial charge in [0.1, 0.15) is 0 Å². The van der Waals surface area contributed by atoms with Crippen molar-refractivity contribution < 1.29 is 14.7 Å². The van der Waals surface area contributed by atoms with E-state index >= 15 is 0 Å². The van der Waals surface area contributed by atoms with Crippen molar-refractivity contribution in [2.75, 3.05) is 5.73 Å². The van der Waals surface area contributed by atoms with Crippen molar-refractivity contribution in [2.24, 2.45) is 5.73 Å². The Morgan fingerprint density at radius 1 is 1.60 bits per heavy atom. The fraction of sp³-hybridized carbons (Fsp3) is 0.125. The molecule has 0 atom stereocenters. The zero-order chi connectivity index (χ0) is 11.4. The quantitative estimate of drug-likeness (QED) is 0.629. The Bertz CT molecular complexity index is 425. The van der Waals surface area contributed by atoms with E-state index in [1.165, 1.54) is 6.08 Å². The van der Waals surface area contributed by atoms with Gasteiger partial charge in [-0.1, -0.05) is 6.08 Å². The van der Waals surface area contributed by atoms with E-state index in [1.54, 1.807) is 5.38 Å². The number of anilines is 1. The van der Waals surface area contributed by atoms with Crippen molar-refractivity contribution >= 4 is 33.9 Å². The number of amides is 1. The minimum Gasteiger partial charge on any atom is -0.481 e. The van der Waals surface area contributed by atoms with Gasteiger partial charge in [0.25, 0.3) is 5.91 Å². The lowest BCUT2D eigenvalue weighted by Crippen LogP contribution is -2.13. The number of carboxylic acids is 1. The van der Waals surface area contributed by atoms with Gasteiger partial charge in [0.15, 0.2) is 5.13 Å². The molecule has 6 nitrogen and oxygen atoms in total. The van der Waals surface area contributed by atoms with Gasteiger partial charge in [-0.2, -0.15) is 0 Å². The molecule has 1 rings (SSSR count). The molecule has 0 saturated carbocycles. The van der Waals surface area contributed by atoms with Crippen molar-refractivity contribution in [3.8, 4) is 0 Å². The maximum atomic E-state index is 11.0. The summed E-state index contributed by atoms with van der Waals surface area (Å²) in [7, 11) is 0. The molecule has 5 N–H and O–H groups in total. The van der Waals surface area contributed by atoms with Crippen molar-refractivity contribution in [3.05, 3.63) is 17.2 Å². The summed E-state index contributed by atoms with van der Waals surface area (Å²) in [4.78, 5) is 25.2. The van der Waals surface area contributed by atoms with Crippen molar-refractivity contribution in [2.45, 2.75) is 6.42 Å². The number of nitrogen functional groups attached to an aromatic ring is 1. The second-order valence-corrected chi connectivity index (χ2v) is 3.54. The van der Waals surface area contributed by atoms with Crippen LogP contribution in [0.4, 0.5) is 5.13 Å². The number of carboxylic acid groups (broad SMARTS) is 1. The van der Waals surface area contributed by atoms with E-state index in [0.717, 1.165) is 11.3 Å². The van der Waals surface area contributed by atoms with E-state index in [1.807, 2.05) is 0 Å². The molecule has 15 heavy (non-hydrogen) atoms. The van der Waals surface area contributed by atoms with Gasteiger partial charge in [-0.05, 0) is 0 Å². The van der Waals surface area contributed by atoms with Crippen LogP contribution >= 0.6 is 11.3 Å². The van der Waals surface area contributed by atoms with Crippen LogP contribution in [-0.2, 0) is 9.59 Å². The van der Waals surface area contributed by atoms with Crippen LogP contribution in [-0.4, -0.2) is 22.0 Å². The summed E-state index contributed by atoms with van der Waals surface area (Å²) < 4.78 is 0. The maximum Gasteiger partial charge on any atom is 0.307 e. The molecule has 0 unspecified atom stereocenters. The Morgan fingerprint density at radius 3 is 2.67 bits per heavy atom. The summed E-state index contributed by atoms with van der Waals surface area (Å²) >= 11 is 1.16. The van der Waals surface area contributed by atoms with Crippen molar-refractivity contribution in [1.29, 1.82) is 0 Å². The molecule has 1 aromatic rings. The van der Waals surface area contributed by atoms with Crippen LogP contribution in [0.3, 0.4) is 0 Å². The van der Waals surface area contributed by atoms with Gasteiger partial charge in [0.2, 0.25) is 0 Å². The molecule has 0 spiro atoms. The molecule has 7 heteroatoms. The van der Waals surface area contributed by atoms with Gasteiger partial charge in [-0.15, -0.1) is 11.3 Å². The normalized spacial score (nSPS) is 11.3. The first-order chi connectivity index (χ1) is 7.00. The molecular weight excluding hydrogens is 218 g/mol. The highest BCUT2D eigenvalue weighted by molar-refractivity contribution is 7.13. The van der Waals surface area contributed by atoms with Gasteiger partial charge in [0, 0.05) is 5.38 Å². The molecule has 0 bridgehead atoms. The summed E-state index contributed by atoms with van der Waals surface area (Å²) in [5, 5.41) is 10.3. The summed E-state index contributed by atoms with van der Waals surface area (Å²) in [6, 6.07) is 0. The Balaban J connectivity index is 2.98. The molecule has 0 saturated heterocycles. The second kappa shape index (κ2) is 4.56. The van der Waals surface area contributed by atoms with Crippen LogP contribution < -0.4 is 11.5 Å². The predicted molar refractivity (Wildman–Crippen MR) is 56.0 cm³/mol. The Labute approximate surface area is 89.2 Å². The average molecular weight is 227 g/mol. The van der Waals surface area contributed by atoms with E-state index in [0.29, 0.717) is 10.8 Å². The Hall–Kier alpha value is -1.89. The third kappa shape index (κ3) is 3.06. The van der Waals surface area contributed by atoms with Crippen LogP contribution in [0.15, 0.2) is 11.5 Å². The molecular formula is C8H9N3O3S. The number of primary amides is 1. The zero-order valence-electron chi connectivity index (χ0n) is 7.64. The number of nitrogens with two attached hydrogens (primary N) is 2. The SMILES string of the molecule is NC(=O)/C(=C/CC(=O)O)c1csc(N)n1. The summed E-state index contributed by atoms with van der Waals surface area (Å²) in [5.74, 6) is -1.77. The Morgan fingerprint density at radius 2 is 2.27 bits per heavy atom. The summed E-state index contributed by atoms with van der Waals surface area (Å²) in [5.41, 5.74) is 10.9. The monoisotopic (exact) mass is 227 g/mol. The molecule has 0 aromatic carbocycles. The maximum absolute atomic E-state index is 11.0. The minimum atomic E-state index is -1.04. The third-order valence-electron chi connectivity index (χ3n) is 1.54. The molecule has 0 aliphatic carbocycles. The fourth-order valence-corrected chi connectivity index (χ4v) is 1.50. The lowest BCUT2D eigenvalue weighted by Gasteiger charge is -1.97. The predicted octanol–water partition coefficient (Wildman–Crippen LogP) is 0.0687. The van der Waals surface area contributed by atoms with Gasteiger partial charge in [-0.3, -0.25) is 9.59 Å². The van der Waals surface area contributed by atoms with E-state index in [4.69, 9.17) is 16.6 Å². The first kappa shape index (κ1) is 11.2. The van der Waals surface area contributed by atoms with E-state index in [2.05, 4.69) is 4.98 Å². The molecule has 80 valence electrons. The number of hydrogen-bond acceptors (Lipinski definition) is 5. The molecule has 0 aliphatic heterocycles. The minimum absolute atomic E-state index is 0.0744. The van der Waals surface area contributed by atoms with E-state index < -0.39 is 11.9 Å². The highest BCUT2D eigenvalue weighted by Gasteiger charge is 2.11.